The molecule has 2 heterocycles. The van der Waals surface area contributed by atoms with Crippen molar-refractivity contribution in [2.75, 3.05) is 21.3 Å². The molecule has 0 aliphatic heterocycles. The second-order valence-corrected chi connectivity index (χ2v) is 7.02. The second-order valence-electron chi connectivity index (χ2n) is 7.02. The molecule has 8 nitrogen and oxygen atoms in total. The van der Waals surface area contributed by atoms with E-state index in [0.717, 1.165) is 39.4 Å². The van der Waals surface area contributed by atoms with E-state index >= 15 is 0 Å². The third-order valence-electron chi connectivity index (χ3n) is 5.29. The van der Waals surface area contributed by atoms with Gasteiger partial charge in [0.15, 0.2) is 11.5 Å². The van der Waals surface area contributed by atoms with E-state index in [2.05, 4.69) is 20.4 Å². The topological polar surface area (TPSA) is 95.3 Å². The lowest BCUT2D eigenvalue weighted by atomic mass is 10.1. The lowest BCUT2D eigenvalue weighted by molar-refractivity contribution is 0.355. The van der Waals surface area contributed by atoms with Crippen molar-refractivity contribution in [2.45, 2.75) is 6.42 Å². The van der Waals surface area contributed by atoms with Crippen LogP contribution in [0.3, 0.4) is 0 Å². The Kier molecular flexibility index (Phi) is 4.66. The van der Waals surface area contributed by atoms with E-state index in [4.69, 9.17) is 18.6 Å². The molecule has 1 aliphatic rings. The van der Waals surface area contributed by atoms with E-state index < -0.39 is 0 Å². The summed E-state index contributed by atoms with van der Waals surface area (Å²) in [6, 6.07) is 11.6. The minimum atomic E-state index is 0.398. The molecular formula is C23H20N4O4. The fourth-order valence-electron chi connectivity index (χ4n) is 3.70. The number of aromatic amines is 1. The smallest absolute Gasteiger partial charge is 0.266 e. The highest BCUT2D eigenvalue weighted by atomic mass is 16.5. The van der Waals surface area contributed by atoms with Crippen LogP contribution in [0, 0.1) is 0 Å². The van der Waals surface area contributed by atoms with Crippen LogP contribution in [0.15, 0.2) is 40.8 Å². The predicted molar refractivity (Wildman–Crippen MR) is 115 cm³/mol. The fourth-order valence-corrected chi connectivity index (χ4v) is 3.70. The molecule has 0 amide bonds. The summed E-state index contributed by atoms with van der Waals surface area (Å²) in [5, 5.41) is 15.9. The van der Waals surface area contributed by atoms with Crippen LogP contribution in [-0.2, 0) is 6.42 Å². The first kappa shape index (κ1) is 18.9. The quantitative estimate of drug-likeness (QED) is 0.443. The van der Waals surface area contributed by atoms with Crippen molar-refractivity contribution in [1.29, 1.82) is 0 Å². The Morgan fingerprint density at radius 1 is 0.935 bits per heavy atom. The molecule has 1 N–H and O–H groups in total. The van der Waals surface area contributed by atoms with Crippen molar-refractivity contribution in [3.63, 3.8) is 0 Å². The molecule has 8 heteroatoms. The van der Waals surface area contributed by atoms with Crippen molar-refractivity contribution < 1.29 is 18.6 Å². The standard InChI is InChI=1S/C23H20N4O4/c1-28-15-7-4-13(5-8-15)6-9-20-24-27-23(31-20)22-17-10-14-11-18(29-2)19(30-3)12-16(14)21(17)25-26-22/h4-9,11-12H,10H2,1-3H3,(H,25,26)/b9-6+. The number of methoxy groups -OCH3 is 3. The Hall–Kier alpha value is -4.07. The van der Waals surface area contributed by atoms with E-state index in [9.17, 15) is 0 Å². The van der Waals surface area contributed by atoms with Crippen LogP contribution >= 0.6 is 0 Å². The van der Waals surface area contributed by atoms with Crippen LogP contribution < -0.4 is 14.2 Å². The number of benzene rings is 2. The maximum Gasteiger partial charge on any atom is 0.266 e. The first-order chi connectivity index (χ1) is 15.2. The highest BCUT2D eigenvalue weighted by Crippen LogP contribution is 2.44. The van der Waals surface area contributed by atoms with Crippen molar-refractivity contribution in [2.24, 2.45) is 0 Å². The molecule has 0 saturated carbocycles. The summed E-state index contributed by atoms with van der Waals surface area (Å²) in [5.74, 6) is 2.98. The molecule has 0 spiro atoms. The average Bonchev–Trinajstić information content (AvgIpc) is 3.52. The lowest BCUT2D eigenvalue weighted by Crippen LogP contribution is -1.93. The summed E-state index contributed by atoms with van der Waals surface area (Å²) in [6.45, 7) is 0. The molecule has 0 saturated heterocycles. The number of aromatic nitrogens is 4. The molecular weight excluding hydrogens is 396 g/mol. The highest BCUT2D eigenvalue weighted by molar-refractivity contribution is 5.81. The van der Waals surface area contributed by atoms with Crippen molar-refractivity contribution in [3.05, 3.63) is 59.0 Å². The van der Waals surface area contributed by atoms with Gasteiger partial charge in [-0.1, -0.05) is 12.1 Å². The van der Waals surface area contributed by atoms with Gasteiger partial charge in [-0.05, 0) is 41.5 Å². The van der Waals surface area contributed by atoms with E-state index in [1.165, 1.54) is 0 Å². The van der Waals surface area contributed by atoms with Gasteiger partial charge in [0.05, 0.1) is 27.0 Å². The Morgan fingerprint density at radius 2 is 1.71 bits per heavy atom. The van der Waals surface area contributed by atoms with Crippen LogP contribution in [0.1, 0.15) is 22.6 Å². The molecule has 1 aliphatic carbocycles. The number of hydrogen-bond acceptors (Lipinski definition) is 7. The van der Waals surface area contributed by atoms with Crippen LogP contribution in [-0.4, -0.2) is 41.7 Å². The number of nitrogens with zero attached hydrogens (tertiary/aromatic N) is 3. The maximum absolute atomic E-state index is 5.85. The van der Waals surface area contributed by atoms with E-state index in [1.807, 2.05) is 42.5 Å². The SMILES string of the molecule is COc1ccc(/C=C/c2nnc(-c3[nH]nc4c3Cc3cc(OC)c(OC)cc3-4)o2)cc1. The van der Waals surface area contributed by atoms with Crippen LogP contribution in [0.4, 0.5) is 0 Å². The fraction of sp³-hybridized carbons (Fsp3) is 0.174. The first-order valence-electron chi connectivity index (χ1n) is 9.68. The van der Waals surface area contributed by atoms with Crippen LogP contribution in [0.25, 0.3) is 35.0 Å². The number of hydrogen-bond donors (Lipinski definition) is 1. The zero-order valence-corrected chi connectivity index (χ0v) is 17.3. The Balaban J connectivity index is 1.41. The molecule has 0 radical (unpaired) electrons. The third kappa shape index (κ3) is 3.31. The third-order valence-corrected chi connectivity index (χ3v) is 5.29. The lowest BCUT2D eigenvalue weighted by Gasteiger charge is -2.09. The number of fused-ring (bicyclic) bond motifs is 3. The van der Waals surface area contributed by atoms with E-state index in [1.54, 1.807) is 27.4 Å². The summed E-state index contributed by atoms with van der Waals surface area (Å²) in [5.41, 5.74) is 5.72. The number of ether oxygens (including phenoxy) is 3. The zero-order valence-electron chi connectivity index (χ0n) is 17.3. The normalized spacial score (nSPS) is 12.1. The molecule has 0 unspecified atom stereocenters. The molecule has 2 aromatic heterocycles. The Bertz CT molecular complexity index is 1270. The maximum atomic E-state index is 5.85. The molecule has 31 heavy (non-hydrogen) atoms. The monoisotopic (exact) mass is 416 g/mol. The largest absolute Gasteiger partial charge is 0.497 e. The number of nitrogens with one attached hydrogen (secondary N) is 1. The van der Waals surface area contributed by atoms with Gasteiger partial charge in [0, 0.05) is 23.6 Å². The van der Waals surface area contributed by atoms with Gasteiger partial charge in [-0.25, -0.2) is 0 Å². The van der Waals surface area contributed by atoms with Gasteiger partial charge in [0.1, 0.15) is 11.4 Å². The summed E-state index contributed by atoms with van der Waals surface area (Å²) in [6.07, 6.45) is 4.37. The van der Waals surface area contributed by atoms with E-state index in [-0.39, 0.29) is 0 Å². The van der Waals surface area contributed by atoms with E-state index in [0.29, 0.717) is 29.7 Å². The zero-order chi connectivity index (χ0) is 21.4. The van der Waals surface area contributed by atoms with Gasteiger partial charge in [-0.2, -0.15) is 5.10 Å². The summed E-state index contributed by atoms with van der Waals surface area (Å²) in [4.78, 5) is 0. The highest BCUT2D eigenvalue weighted by Gasteiger charge is 2.29. The van der Waals surface area contributed by atoms with Crippen LogP contribution in [0.2, 0.25) is 0 Å². The summed E-state index contributed by atoms with van der Waals surface area (Å²) >= 11 is 0. The van der Waals surface area contributed by atoms with Gasteiger partial charge < -0.3 is 18.6 Å². The van der Waals surface area contributed by atoms with Crippen LogP contribution in [0.5, 0.6) is 17.2 Å². The van der Waals surface area contributed by atoms with Gasteiger partial charge in [-0.15, -0.1) is 10.2 Å². The Labute approximate surface area is 178 Å². The minimum absolute atomic E-state index is 0.398. The predicted octanol–water partition coefficient (Wildman–Crippen LogP) is 4.23. The van der Waals surface area contributed by atoms with Gasteiger partial charge in [0.25, 0.3) is 5.89 Å². The van der Waals surface area contributed by atoms with Crippen molar-refractivity contribution in [1.82, 2.24) is 20.4 Å². The van der Waals surface area contributed by atoms with Crippen molar-refractivity contribution >= 4 is 12.2 Å². The number of H-pyrrole nitrogens is 1. The molecule has 5 rings (SSSR count). The molecule has 4 aromatic rings. The Morgan fingerprint density at radius 3 is 2.45 bits per heavy atom. The minimum Gasteiger partial charge on any atom is -0.497 e. The second kappa shape index (κ2) is 7.64. The molecule has 0 fully saturated rings. The molecule has 156 valence electrons. The summed E-state index contributed by atoms with van der Waals surface area (Å²) < 4.78 is 21.9. The summed E-state index contributed by atoms with van der Waals surface area (Å²) in [7, 11) is 4.89. The van der Waals surface area contributed by atoms with Crippen molar-refractivity contribution in [3.8, 4) is 40.1 Å². The molecule has 0 atom stereocenters. The van der Waals surface area contributed by atoms with Gasteiger partial charge in [0.2, 0.25) is 5.89 Å². The molecule has 2 aromatic carbocycles. The van der Waals surface area contributed by atoms with Gasteiger partial charge in [-0.3, -0.25) is 5.10 Å². The van der Waals surface area contributed by atoms with Gasteiger partial charge >= 0.3 is 0 Å². The first-order valence-corrected chi connectivity index (χ1v) is 9.68. The molecule has 0 bridgehead atoms. The number of rotatable bonds is 6. The average molecular weight is 416 g/mol.